The van der Waals surface area contributed by atoms with E-state index in [0.29, 0.717) is 31.2 Å². The fraction of sp³-hybridized carbons (Fsp3) is 0.520. The Bertz CT molecular complexity index is 1260. The molecule has 5 heterocycles. The van der Waals surface area contributed by atoms with Crippen LogP contribution >= 0.6 is 27.0 Å². The summed E-state index contributed by atoms with van der Waals surface area (Å²) in [6.45, 7) is 6.66. The van der Waals surface area contributed by atoms with Crippen LogP contribution < -0.4 is 4.90 Å². The molecule has 1 amide bonds. The topological polar surface area (TPSA) is 96.6 Å². The first-order valence-corrected chi connectivity index (χ1v) is 12.1. The average Bonchev–Trinajstić information content (AvgIpc) is 3.58. The number of morpholine rings is 1. The number of amides is 1. The minimum atomic E-state index is -0.416. The fourth-order valence-electron chi connectivity index (χ4n) is 5.84. The number of fused-ring (bicyclic) bond motifs is 3. The standard InChI is InChI=1S/C25H30N6O3.2H2S/c1-15-7-18-11-26-31(22(18)9-21(15)17-3-5-29(6-4-17)25(33)13-32)24-10-23(27-16(2)28-24)30-12-20-8-19(30)14-34-20;;/h7,9-11,17,19-20,32H,3-6,8,12-14H2,1-2H3;2*1H2. The molecule has 1 N–H and O–H groups in total. The number of likely N-dealkylation sites (tertiary alicyclic amines) is 1. The highest BCUT2D eigenvalue weighted by Crippen LogP contribution is 2.35. The van der Waals surface area contributed by atoms with Crippen LogP contribution in [0.2, 0.25) is 0 Å². The zero-order chi connectivity index (χ0) is 23.4. The molecule has 6 rings (SSSR count). The van der Waals surface area contributed by atoms with Gasteiger partial charge >= 0.3 is 0 Å². The van der Waals surface area contributed by atoms with E-state index < -0.39 is 6.61 Å². The van der Waals surface area contributed by atoms with Crippen molar-refractivity contribution in [2.24, 2.45) is 0 Å². The normalized spacial score (nSPS) is 21.5. The molecule has 0 radical (unpaired) electrons. The molecule has 0 saturated carbocycles. The Kier molecular flexibility index (Phi) is 7.84. The van der Waals surface area contributed by atoms with Gasteiger partial charge in [-0.05, 0) is 62.3 Å². The van der Waals surface area contributed by atoms with E-state index in [2.05, 4.69) is 24.0 Å². The molecule has 36 heavy (non-hydrogen) atoms. The summed E-state index contributed by atoms with van der Waals surface area (Å²) in [6, 6.07) is 6.87. The van der Waals surface area contributed by atoms with E-state index in [1.54, 1.807) is 4.90 Å². The number of aromatic nitrogens is 4. The lowest BCUT2D eigenvalue weighted by Crippen LogP contribution is -2.39. The predicted octanol–water partition coefficient (Wildman–Crippen LogP) is 2.33. The first kappa shape index (κ1) is 26.7. The van der Waals surface area contributed by atoms with Crippen LogP contribution in [0.5, 0.6) is 0 Å². The van der Waals surface area contributed by atoms with E-state index in [1.165, 1.54) is 11.1 Å². The van der Waals surface area contributed by atoms with Crippen LogP contribution in [-0.4, -0.2) is 80.7 Å². The third kappa shape index (κ3) is 4.69. The monoisotopic (exact) mass is 530 g/mol. The highest BCUT2D eigenvalue weighted by Gasteiger charge is 2.40. The van der Waals surface area contributed by atoms with Crippen molar-refractivity contribution >= 4 is 49.6 Å². The maximum Gasteiger partial charge on any atom is 0.248 e. The molecule has 3 aromatic rings. The lowest BCUT2D eigenvalue weighted by Gasteiger charge is -2.32. The molecule has 0 spiro atoms. The number of aliphatic hydroxyl groups is 1. The molecular weight excluding hydrogens is 496 g/mol. The zero-order valence-electron chi connectivity index (χ0n) is 20.6. The van der Waals surface area contributed by atoms with Gasteiger partial charge in [-0.3, -0.25) is 4.79 Å². The van der Waals surface area contributed by atoms with Crippen LogP contribution in [0, 0.1) is 13.8 Å². The van der Waals surface area contributed by atoms with Crippen LogP contribution in [0.3, 0.4) is 0 Å². The molecule has 2 unspecified atom stereocenters. The SMILES string of the molecule is Cc1nc(N2CC3CC2CO3)cc(-n2ncc3cc(C)c(C4CCN(C(=O)CO)CC4)cc32)n1.S.S. The second-order valence-electron chi connectivity index (χ2n) is 9.77. The highest BCUT2D eigenvalue weighted by atomic mass is 32.1. The van der Waals surface area contributed by atoms with Gasteiger partial charge in [-0.15, -0.1) is 0 Å². The largest absolute Gasteiger partial charge is 0.387 e. The number of rotatable bonds is 4. The number of aryl methyl sites for hydroxylation is 2. The first-order chi connectivity index (χ1) is 16.5. The molecule has 3 aliphatic heterocycles. The van der Waals surface area contributed by atoms with Gasteiger partial charge in [-0.25, -0.2) is 14.6 Å². The molecule has 2 atom stereocenters. The average molecular weight is 531 g/mol. The maximum absolute atomic E-state index is 11.9. The van der Waals surface area contributed by atoms with Crippen LogP contribution in [0.15, 0.2) is 24.4 Å². The number of aliphatic hydroxyl groups excluding tert-OH is 1. The molecule has 2 aromatic heterocycles. The van der Waals surface area contributed by atoms with Crippen LogP contribution in [-0.2, 0) is 9.53 Å². The summed E-state index contributed by atoms with van der Waals surface area (Å²) in [5.41, 5.74) is 3.57. The summed E-state index contributed by atoms with van der Waals surface area (Å²) >= 11 is 0. The first-order valence-electron chi connectivity index (χ1n) is 12.1. The van der Waals surface area contributed by atoms with Crippen molar-refractivity contribution in [2.45, 2.75) is 51.2 Å². The van der Waals surface area contributed by atoms with Gasteiger partial charge < -0.3 is 19.6 Å². The van der Waals surface area contributed by atoms with Gasteiger partial charge in [0.1, 0.15) is 18.2 Å². The zero-order valence-corrected chi connectivity index (χ0v) is 22.6. The third-order valence-corrected chi connectivity index (χ3v) is 7.60. The van der Waals surface area contributed by atoms with E-state index in [-0.39, 0.29) is 32.9 Å². The quantitative estimate of drug-likeness (QED) is 0.553. The van der Waals surface area contributed by atoms with Gasteiger partial charge in [0.15, 0.2) is 5.82 Å². The van der Waals surface area contributed by atoms with Gasteiger partial charge in [0.2, 0.25) is 5.91 Å². The summed E-state index contributed by atoms with van der Waals surface area (Å²) in [7, 11) is 0. The molecule has 3 fully saturated rings. The van der Waals surface area contributed by atoms with Crippen molar-refractivity contribution in [3.05, 3.63) is 41.3 Å². The number of nitrogens with zero attached hydrogens (tertiary/aromatic N) is 6. The predicted molar refractivity (Wildman–Crippen MR) is 148 cm³/mol. The van der Waals surface area contributed by atoms with Crippen molar-refractivity contribution in [3.63, 3.8) is 0 Å². The smallest absolute Gasteiger partial charge is 0.248 e. The number of hydrogen-bond donors (Lipinski definition) is 1. The fourth-order valence-corrected chi connectivity index (χ4v) is 5.84. The van der Waals surface area contributed by atoms with Gasteiger partial charge in [-0.1, -0.05) is 0 Å². The van der Waals surface area contributed by atoms with Gasteiger partial charge in [0.05, 0.1) is 30.5 Å². The Labute approximate surface area is 224 Å². The molecule has 9 nitrogen and oxygen atoms in total. The molecule has 3 saturated heterocycles. The lowest BCUT2D eigenvalue weighted by molar-refractivity contribution is -0.135. The number of carbonyl (C=O) groups excluding carboxylic acids is 1. The van der Waals surface area contributed by atoms with Crippen molar-refractivity contribution in [1.82, 2.24) is 24.6 Å². The molecule has 0 aliphatic carbocycles. The van der Waals surface area contributed by atoms with Crippen molar-refractivity contribution in [3.8, 4) is 5.82 Å². The Hall–Kier alpha value is -2.34. The van der Waals surface area contributed by atoms with Crippen molar-refractivity contribution in [2.75, 3.05) is 37.7 Å². The van der Waals surface area contributed by atoms with E-state index in [0.717, 1.165) is 60.8 Å². The molecule has 194 valence electrons. The third-order valence-electron chi connectivity index (χ3n) is 7.60. The number of hydrogen-bond acceptors (Lipinski definition) is 7. The molecular formula is C25H34N6O3S2. The second kappa shape index (κ2) is 10.6. The van der Waals surface area contributed by atoms with E-state index in [4.69, 9.17) is 24.9 Å². The number of carbonyl (C=O) groups is 1. The van der Waals surface area contributed by atoms with Crippen LogP contribution in [0.4, 0.5) is 5.82 Å². The van der Waals surface area contributed by atoms with Crippen molar-refractivity contribution in [1.29, 1.82) is 0 Å². The Balaban J connectivity index is 0.00000152. The van der Waals surface area contributed by atoms with Crippen molar-refractivity contribution < 1.29 is 14.6 Å². The summed E-state index contributed by atoms with van der Waals surface area (Å²) in [5.74, 6) is 2.64. The van der Waals surface area contributed by atoms with E-state index >= 15 is 0 Å². The lowest BCUT2D eigenvalue weighted by atomic mass is 9.86. The summed E-state index contributed by atoms with van der Waals surface area (Å²) in [6.07, 6.45) is 5.05. The second-order valence-corrected chi connectivity index (χ2v) is 9.77. The van der Waals surface area contributed by atoms with Crippen LogP contribution in [0.1, 0.15) is 42.1 Å². The van der Waals surface area contributed by atoms with Gasteiger partial charge in [0, 0.05) is 31.1 Å². The number of benzene rings is 1. The molecule has 1 aromatic carbocycles. The van der Waals surface area contributed by atoms with Gasteiger partial charge in [0.25, 0.3) is 0 Å². The van der Waals surface area contributed by atoms with Crippen LogP contribution in [0.25, 0.3) is 16.7 Å². The molecule has 2 bridgehead atoms. The maximum atomic E-state index is 11.9. The van der Waals surface area contributed by atoms with Gasteiger partial charge in [-0.2, -0.15) is 32.1 Å². The minimum absolute atomic E-state index is 0. The number of piperidine rings is 1. The van der Waals surface area contributed by atoms with E-state index in [9.17, 15) is 4.79 Å². The van der Waals surface area contributed by atoms with E-state index in [1.807, 2.05) is 23.9 Å². The number of ether oxygens (including phenoxy) is 1. The Morgan fingerprint density at radius 2 is 1.86 bits per heavy atom. The summed E-state index contributed by atoms with van der Waals surface area (Å²) < 4.78 is 7.69. The minimum Gasteiger partial charge on any atom is -0.387 e. The Morgan fingerprint density at radius 1 is 1.11 bits per heavy atom. The molecule has 11 heteroatoms. The Morgan fingerprint density at radius 3 is 2.53 bits per heavy atom. The number of anilines is 1. The summed E-state index contributed by atoms with van der Waals surface area (Å²) in [5, 5.41) is 14.9. The highest BCUT2D eigenvalue weighted by molar-refractivity contribution is 7.59. The summed E-state index contributed by atoms with van der Waals surface area (Å²) in [4.78, 5) is 25.4. The molecule has 3 aliphatic rings.